The van der Waals surface area contributed by atoms with E-state index in [2.05, 4.69) is 39.3 Å². The third-order valence-corrected chi connectivity index (χ3v) is 4.73. The molecule has 1 aromatic heterocycles. The third-order valence-electron chi connectivity index (χ3n) is 4.73. The molecule has 0 unspecified atom stereocenters. The molecule has 150 valence electrons. The Labute approximate surface area is 172 Å². The highest BCUT2D eigenvalue weighted by molar-refractivity contribution is 6.03. The van der Waals surface area contributed by atoms with Gasteiger partial charge in [-0.15, -0.1) is 0 Å². The van der Waals surface area contributed by atoms with E-state index in [1.165, 1.54) is 0 Å². The summed E-state index contributed by atoms with van der Waals surface area (Å²) in [5, 5.41) is 6.18. The molecule has 0 saturated carbocycles. The molecule has 6 heteroatoms. The largest absolute Gasteiger partial charge is 0.372 e. The number of aryl methyl sites for hydroxylation is 2. The van der Waals surface area contributed by atoms with E-state index in [1.54, 1.807) is 13.0 Å². The van der Waals surface area contributed by atoms with Crippen molar-refractivity contribution in [1.29, 1.82) is 0 Å². The molecule has 1 amide bonds. The van der Waals surface area contributed by atoms with Gasteiger partial charge in [0.15, 0.2) is 0 Å². The Bertz CT molecular complexity index is 981. The van der Waals surface area contributed by atoms with Crippen LogP contribution in [0.2, 0.25) is 0 Å². The molecular formula is C23H27N5O. The average molecular weight is 390 g/mol. The van der Waals surface area contributed by atoms with E-state index in [9.17, 15) is 4.79 Å². The van der Waals surface area contributed by atoms with Crippen LogP contribution in [-0.2, 0) is 0 Å². The van der Waals surface area contributed by atoms with Crippen molar-refractivity contribution in [3.63, 3.8) is 0 Å². The number of hydrogen-bond donors (Lipinski definition) is 2. The first kappa shape index (κ1) is 20.3. The molecule has 0 atom stereocenters. The summed E-state index contributed by atoms with van der Waals surface area (Å²) in [5.41, 5.74) is 4.24. The van der Waals surface area contributed by atoms with Gasteiger partial charge in [0.25, 0.3) is 5.91 Å². The van der Waals surface area contributed by atoms with Gasteiger partial charge in [0.05, 0.1) is 0 Å². The number of benzene rings is 2. The first-order valence-electron chi connectivity index (χ1n) is 9.84. The van der Waals surface area contributed by atoms with Crippen LogP contribution in [0.15, 0.2) is 54.6 Å². The quantitative estimate of drug-likeness (QED) is 0.599. The van der Waals surface area contributed by atoms with E-state index in [0.29, 0.717) is 17.3 Å². The van der Waals surface area contributed by atoms with Crippen molar-refractivity contribution in [2.45, 2.75) is 27.7 Å². The van der Waals surface area contributed by atoms with Gasteiger partial charge < -0.3 is 15.5 Å². The summed E-state index contributed by atoms with van der Waals surface area (Å²) in [6.07, 6.45) is 0. The molecule has 0 aliphatic carbocycles. The van der Waals surface area contributed by atoms with Crippen LogP contribution in [0.5, 0.6) is 0 Å². The Balaban J connectivity index is 1.75. The van der Waals surface area contributed by atoms with Crippen LogP contribution in [0.4, 0.5) is 22.9 Å². The van der Waals surface area contributed by atoms with E-state index < -0.39 is 0 Å². The fraction of sp³-hybridized carbons (Fsp3) is 0.261. The van der Waals surface area contributed by atoms with Crippen LogP contribution in [0.1, 0.15) is 35.7 Å². The van der Waals surface area contributed by atoms with E-state index in [-0.39, 0.29) is 5.91 Å². The monoisotopic (exact) mass is 389 g/mol. The SMILES string of the molecule is CCN(CC)c1ccc(NC(=O)c2cc(Nc3ccccc3C)nc(C)n2)cc1. The Kier molecular flexibility index (Phi) is 6.44. The minimum atomic E-state index is -0.265. The summed E-state index contributed by atoms with van der Waals surface area (Å²) in [6.45, 7) is 9.93. The minimum absolute atomic E-state index is 0.265. The van der Waals surface area contributed by atoms with Gasteiger partial charge in [-0.05, 0) is 63.6 Å². The number of nitrogens with one attached hydrogen (secondary N) is 2. The molecule has 1 heterocycles. The van der Waals surface area contributed by atoms with Crippen LogP contribution in [0.25, 0.3) is 0 Å². The Hall–Kier alpha value is -3.41. The van der Waals surface area contributed by atoms with E-state index in [4.69, 9.17) is 0 Å². The highest BCUT2D eigenvalue weighted by Crippen LogP contribution is 2.21. The number of aromatic nitrogens is 2. The van der Waals surface area contributed by atoms with Gasteiger partial charge in [-0.1, -0.05) is 18.2 Å². The predicted octanol–water partition coefficient (Wildman–Crippen LogP) is 4.94. The van der Waals surface area contributed by atoms with Gasteiger partial charge >= 0.3 is 0 Å². The topological polar surface area (TPSA) is 70.2 Å². The molecule has 0 spiro atoms. The summed E-state index contributed by atoms with van der Waals surface area (Å²) in [7, 11) is 0. The molecule has 3 aromatic rings. The van der Waals surface area contributed by atoms with E-state index in [1.807, 2.05) is 55.5 Å². The number of para-hydroxylation sites is 1. The highest BCUT2D eigenvalue weighted by Gasteiger charge is 2.12. The molecule has 29 heavy (non-hydrogen) atoms. The molecular weight excluding hydrogens is 362 g/mol. The van der Waals surface area contributed by atoms with Crippen LogP contribution in [0.3, 0.4) is 0 Å². The molecule has 0 radical (unpaired) electrons. The van der Waals surface area contributed by atoms with Crippen molar-refractivity contribution in [2.75, 3.05) is 28.6 Å². The Morgan fingerprint density at radius 3 is 2.31 bits per heavy atom. The molecule has 0 aliphatic heterocycles. The maximum atomic E-state index is 12.7. The molecule has 2 aromatic carbocycles. The fourth-order valence-corrected chi connectivity index (χ4v) is 3.14. The van der Waals surface area contributed by atoms with Crippen molar-refractivity contribution in [2.24, 2.45) is 0 Å². The summed E-state index contributed by atoms with van der Waals surface area (Å²) in [6, 6.07) is 17.4. The van der Waals surface area contributed by atoms with Gasteiger partial charge in [0.1, 0.15) is 17.3 Å². The van der Waals surface area contributed by atoms with Crippen molar-refractivity contribution in [3.05, 3.63) is 71.7 Å². The number of carbonyl (C=O) groups is 1. The second-order valence-corrected chi connectivity index (χ2v) is 6.80. The zero-order valence-corrected chi connectivity index (χ0v) is 17.4. The predicted molar refractivity (Wildman–Crippen MR) is 119 cm³/mol. The maximum Gasteiger partial charge on any atom is 0.274 e. The summed E-state index contributed by atoms with van der Waals surface area (Å²) < 4.78 is 0. The molecule has 3 rings (SSSR count). The van der Waals surface area contributed by atoms with Gasteiger partial charge in [-0.3, -0.25) is 4.79 Å². The number of amides is 1. The number of nitrogens with zero attached hydrogens (tertiary/aromatic N) is 3. The lowest BCUT2D eigenvalue weighted by Crippen LogP contribution is -2.21. The second kappa shape index (κ2) is 9.19. The van der Waals surface area contributed by atoms with Gasteiger partial charge in [-0.2, -0.15) is 0 Å². The lowest BCUT2D eigenvalue weighted by Gasteiger charge is -2.21. The summed E-state index contributed by atoms with van der Waals surface area (Å²) in [4.78, 5) is 23.7. The molecule has 0 saturated heterocycles. The zero-order chi connectivity index (χ0) is 20.8. The first-order chi connectivity index (χ1) is 14.0. The van der Waals surface area contributed by atoms with E-state index >= 15 is 0 Å². The Morgan fingerprint density at radius 2 is 1.66 bits per heavy atom. The highest BCUT2D eigenvalue weighted by atomic mass is 16.1. The first-order valence-corrected chi connectivity index (χ1v) is 9.84. The molecule has 6 nitrogen and oxygen atoms in total. The molecule has 0 bridgehead atoms. The van der Waals surface area contributed by atoms with Gasteiger partial charge in [0.2, 0.25) is 0 Å². The Morgan fingerprint density at radius 1 is 0.966 bits per heavy atom. The normalized spacial score (nSPS) is 10.5. The number of rotatable bonds is 7. The lowest BCUT2D eigenvalue weighted by atomic mass is 10.2. The van der Waals surface area contributed by atoms with Crippen molar-refractivity contribution < 1.29 is 4.79 Å². The fourth-order valence-electron chi connectivity index (χ4n) is 3.14. The minimum Gasteiger partial charge on any atom is -0.372 e. The average Bonchev–Trinajstić information content (AvgIpc) is 2.71. The number of hydrogen-bond acceptors (Lipinski definition) is 5. The third kappa shape index (κ3) is 5.10. The van der Waals surface area contributed by atoms with Crippen molar-refractivity contribution >= 4 is 28.8 Å². The van der Waals surface area contributed by atoms with Gasteiger partial charge in [0, 0.05) is 36.2 Å². The van der Waals surface area contributed by atoms with Crippen LogP contribution >= 0.6 is 0 Å². The summed E-state index contributed by atoms with van der Waals surface area (Å²) in [5.74, 6) is 0.860. The zero-order valence-electron chi connectivity index (χ0n) is 17.4. The number of carbonyl (C=O) groups excluding carboxylic acids is 1. The van der Waals surface area contributed by atoms with Crippen molar-refractivity contribution in [3.8, 4) is 0 Å². The molecule has 0 aliphatic rings. The molecule has 0 fully saturated rings. The smallest absolute Gasteiger partial charge is 0.274 e. The van der Waals surface area contributed by atoms with Crippen LogP contribution < -0.4 is 15.5 Å². The van der Waals surface area contributed by atoms with Crippen molar-refractivity contribution in [1.82, 2.24) is 9.97 Å². The second-order valence-electron chi connectivity index (χ2n) is 6.80. The van der Waals surface area contributed by atoms with E-state index in [0.717, 1.165) is 35.7 Å². The van der Waals surface area contributed by atoms with Crippen LogP contribution in [-0.4, -0.2) is 29.0 Å². The standard InChI is InChI=1S/C23H27N5O/c1-5-28(6-2)19-13-11-18(12-14-19)26-23(29)21-15-22(25-17(4)24-21)27-20-10-8-7-9-16(20)3/h7-15H,5-6H2,1-4H3,(H,26,29)(H,24,25,27). The number of anilines is 4. The maximum absolute atomic E-state index is 12.7. The van der Waals surface area contributed by atoms with Gasteiger partial charge in [-0.25, -0.2) is 9.97 Å². The lowest BCUT2D eigenvalue weighted by molar-refractivity contribution is 0.102. The molecule has 2 N–H and O–H groups in total. The summed E-state index contributed by atoms with van der Waals surface area (Å²) >= 11 is 0. The van der Waals surface area contributed by atoms with Crippen LogP contribution in [0, 0.1) is 13.8 Å².